The summed E-state index contributed by atoms with van der Waals surface area (Å²) in [6.45, 7) is 1.49. The summed E-state index contributed by atoms with van der Waals surface area (Å²) < 4.78 is 1.96. The predicted octanol–water partition coefficient (Wildman–Crippen LogP) is 0.0341. The van der Waals surface area contributed by atoms with Crippen molar-refractivity contribution in [3.63, 3.8) is 0 Å². The molecule has 0 radical (unpaired) electrons. The molecule has 0 spiro atoms. The summed E-state index contributed by atoms with van der Waals surface area (Å²) >= 11 is 0. The Bertz CT molecular complexity index is 162. The smallest absolute Gasteiger partial charge is 0.0946 e. The third kappa shape index (κ3) is 2.16. The van der Waals surface area contributed by atoms with Crippen LogP contribution in [-0.4, -0.2) is 23.2 Å². The zero-order chi connectivity index (χ0) is 7.23. The normalized spacial score (nSPS) is 10.1. The lowest BCUT2D eigenvalue weighted by atomic mass is 10.7. The first-order valence-corrected chi connectivity index (χ1v) is 3.18. The molecule has 56 valence electrons. The minimum atomic E-state index is 0.660. The van der Waals surface area contributed by atoms with Gasteiger partial charge in [-0.15, -0.1) is 0 Å². The van der Waals surface area contributed by atoms with Gasteiger partial charge in [0.15, 0.2) is 0 Å². The molecule has 1 aromatic rings. The molecule has 4 nitrogen and oxygen atoms in total. The van der Waals surface area contributed by atoms with E-state index in [-0.39, 0.29) is 0 Å². The molecule has 0 aliphatic carbocycles. The van der Waals surface area contributed by atoms with E-state index in [0.29, 0.717) is 6.61 Å². The molecule has 10 heavy (non-hydrogen) atoms. The van der Waals surface area contributed by atoms with Crippen LogP contribution in [0.5, 0.6) is 0 Å². The van der Waals surface area contributed by atoms with Gasteiger partial charge in [0.1, 0.15) is 0 Å². The van der Waals surface area contributed by atoms with Crippen molar-refractivity contribution in [2.75, 3.05) is 13.7 Å². The standard InChI is InChI=1S/C6H11N3O/c1-7-10-5-4-9-3-2-8-6-9/h2-3,6-7H,4-5H2,1H3. The SMILES string of the molecule is CNOCCn1ccnc1. The van der Waals surface area contributed by atoms with Crippen LogP contribution in [0.4, 0.5) is 0 Å². The molecule has 0 atom stereocenters. The number of hydroxylamine groups is 1. The quantitative estimate of drug-likeness (QED) is 0.475. The average molecular weight is 141 g/mol. The zero-order valence-electron chi connectivity index (χ0n) is 5.95. The zero-order valence-corrected chi connectivity index (χ0v) is 5.95. The molecule has 1 N–H and O–H groups in total. The largest absolute Gasteiger partial charge is 0.335 e. The Morgan fingerprint density at radius 2 is 2.60 bits per heavy atom. The van der Waals surface area contributed by atoms with E-state index in [9.17, 15) is 0 Å². The van der Waals surface area contributed by atoms with E-state index in [2.05, 4.69) is 10.5 Å². The molecule has 1 heterocycles. The molecule has 0 aliphatic heterocycles. The molecule has 0 saturated carbocycles. The van der Waals surface area contributed by atoms with Crippen molar-refractivity contribution in [1.29, 1.82) is 0 Å². The fourth-order valence-electron chi connectivity index (χ4n) is 0.672. The number of rotatable bonds is 4. The molecular formula is C6H11N3O. The Morgan fingerprint density at radius 1 is 1.70 bits per heavy atom. The Labute approximate surface area is 59.8 Å². The fourth-order valence-corrected chi connectivity index (χ4v) is 0.672. The van der Waals surface area contributed by atoms with Crippen LogP contribution in [0.15, 0.2) is 18.7 Å². The van der Waals surface area contributed by atoms with Gasteiger partial charge in [-0.3, -0.25) is 0 Å². The molecule has 0 fully saturated rings. The highest BCUT2D eigenvalue weighted by Gasteiger charge is 1.87. The van der Waals surface area contributed by atoms with Gasteiger partial charge in [0.2, 0.25) is 0 Å². The number of aromatic nitrogens is 2. The lowest BCUT2D eigenvalue weighted by Gasteiger charge is -2.00. The highest BCUT2D eigenvalue weighted by atomic mass is 16.6. The van der Waals surface area contributed by atoms with Crippen LogP contribution in [0.25, 0.3) is 0 Å². The average Bonchev–Trinajstić information content (AvgIpc) is 2.41. The molecule has 4 heteroatoms. The van der Waals surface area contributed by atoms with Crippen molar-refractivity contribution < 1.29 is 4.84 Å². The van der Waals surface area contributed by atoms with Gasteiger partial charge >= 0.3 is 0 Å². The van der Waals surface area contributed by atoms with E-state index in [1.165, 1.54) is 0 Å². The molecule has 1 aromatic heterocycles. The maximum absolute atomic E-state index is 4.91. The Hall–Kier alpha value is -0.870. The van der Waals surface area contributed by atoms with E-state index < -0.39 is 0 Å². The van der Waals surface area contributed by atoms with E-state index in [0.717, 1.165) is 6.54 Å². The van der Waals surface area contributed by atoms with Crippen LogP contribution in [0.2, 0.25) is 0 Å². The second kappa shape index (κ2) is 4.03. The van der Waals surface area contributed by atoms with Crippen molar-refractivity contribution in [2.24, 2.45) is 0 Å². The van der Waals surface area contributed by atoms with Crippen LogP contribution >= 0.6 is 0 Å². The second-order valence-electron chi connectivity index (χ2n) is 1.85. The summed E-state index contributed by atoms with van der Waals surface area (Å²) in [5.41, 5.74) is 2.60. The Kier molecular flexibility index (Phi) is 2.92. The van der Waals surface area contributed by atoms with E-state index in [1.54, 1.807) is 19.6 Å². The predicted molar refractivity (Wildman–Crippen MR) is 37.2 cm³/mol. The summed E-state index contributed by atoms with van der Waals surface area (Å²) in [7, 11) is 1.74. The maximum atomic E-state index is 4.91. The monoisotopic (exact) mass is 141 g/mol. The number of nitrogens with one attached hydrogen (secondary N) is 1. The van der Waals surface area contributed by atoms with Gasteiger partial charge in [0.05, 0.1) is 12.9 Å². The van der Waals surface area contributed by atoms with Crippen LogP contribution < -0.4 is 5.48 Å². The number of hydrogen-bond donors (Lipinski definition) is 1. The van der Waals surface area contributed by atoms with Crippen LogP contribution in [0, 0.1) is 0 Å². The highest BCUT2D eigenvalue weighted by molar-refractivity contribution is 4.73. The first-order chi connectivity index (χ1) is 4.93. The van der Waals surface area contributed by atoms with E-state index >= 15 is 0 Å². The van der Waals surface area contributed by atoms with Crippen molar-refractivity contribution in [3.05, 3.63) is 18.7 Å². The first-order valence-electron chi connectivity index (χ1n) is 3.18. The lowest BCUT2D eigenvalue weighted by Crippen LogP contribution is -2.12. The Balaban J connectivity index is 2.15. The van der Waals surface area contributed by atoms with Gasteiger partial charge in [-0.25, -0.2) is 10.5 Å². The number of imidazole rings is 1. The fraction of sp³-hybridized carbons (Fsp3) is 0.500. The van der Waals surface area contributed by atoms with Gasteiger partial charge in [0, 0.05) is 26.0 Å². The van der Waals surface area contributed by atoms with Crippen LogP contribution in [-0.2, 0) is 11.4 Å². The summed E-state index contributed by atoms with van der Waals surface area (Å²) in [4.78, 5) is 8.80. The van der Waals surface area contributed by atoms with Crippen molar-refractivity contribution in [3.8, 4) is 0 Å². The first kappa shape index (κ1) is 7.24. The molecule has 0 bridgehead atoms. The van der Waals surface area contributed by atoms with Gasteiger partial charge in [-0.05, 0) is 0 Å². The van der Waals surface area contributed by atoms with Gasteiger partial charge in [-0.2, -0.15) is 0 Å². The molecule has 0 amide bonds. The van der Waals surface area contributed by atoms with E-state index in [1.807, 2.05) is 10.8 Å². The summed E-state index contributed by atoms with van der Waals surface area (Å²) in [6, 6.07) is 0. The minimum Gasteiger partial charge on any atom is -0.335 e. The topological polar surface area (TPSA) is 39.1 Å². The van der Waals surface area contributed by atoms with Crippen LogP contribution in [0.3, 0.4) is 0 Å². The molecule has 0 saturated heterocycles. The third-order valence-electron chi connectivity index (χ3n) is 1.16. The highest BCUT2D eigenvalue weighted by Crippen LogP contribution is 1.84. The van der Waals surface area contributed by atoms with Gasteiger partial charge in [-0.1, -0.05) is 0 Å². The summed E-state index contributed by atoms with van der Waals surface area (Å²) in [6.07, 6.45) is 5.41. The number of hydrogen-bond acceptors (Lipinski definition) is 3. The minimum absolute atomic E-state index is 0.660. The van der Waals surface area contributed by atoms with Crippen molar-refractivity contribution >= 4 is 0 Å². The lowest BCUT2D eigenvalue weighted by molar-refractivity contribution is 0.0522. The number of nitrogens with zero attached hydrogens (tertiary/aromatic N) is 2. The molecule has 1 rings (SSSR count). The molecule has 0 unspecified atom stereocenters. The third-order valence-corrected chi connectivity index (χ3v) is 1.16. The molecule has 0 aliphatic rings. The molecule has 0 aromatic carbocycles. The van der Waals surface area contributed by atoms with Crippen molar-refractivity contribution in [2.45, 2.75) is 6.54 Å². The van der Waals surface area contributed by atoms with Crippen LogP contribution in [0.1, 0.15) is 0 Å². The van der Waals surface area contributed by atoms with Gasteiger partial charge < -0.3 is 9.40 Å². The Morgan fingerprint density at radius 3 is 3.20 bits per heavy atom. The maximum Gasteiger partial charge on any atom is 0.0946 e. The van der Waals surface area contributed by atoms with E-state index in [4.69, 9.17) is 4.84 Å². The molecular weight excluding hydrogens is 130 g/mol. The summed E-state index contributed by atoms with van der Waals surface area (Å²) in [5.74, 6) is 0. The summed E-state index contributed by atoms with van der Waals surface area (Å²) in [5, 5.41) is 0. The van der Waals surface area contributed by atoms with Crippen molar-refractivity contribution in [1.82, 2.24) is 15.0 Å². The van der Waals surface area contributed by atoms with Gasteiger partial charge in [0.25, 0.3) is 0 Å². The second-order valence-corrected chi connectivity index (χ2v) is 1.85.